The van der Waals surface area contributed by atoms with E-state index in [0.717, 1.165) is 5.56 Å². The van der Waals surface area contributed by atoms with Crippen molar-refractivity contribution in [2.24, 2.45) is 0 Å². The summed E-state index contributed by atoms with van der Waals surface area (Å²) in [6.07, 6.45) is 0. The number of benzene rings is 2. The standard InChI is InChI=1S/C14H11BrCl2O3S/c1-9-6-11(15)7-13(21(17,18)19)14(9)20-8-10-4-2-3-5-12(10)16/h2-7H,8H2,1H3. The van der Waals surface area contributed by atoms with E-state index in [1.807, 2.05) is 18.2 Å². The molecule has 7 heteroatoms. The highest BCUT2D eigenvalue weighted by Gasteiger charge is 2.20. The van der Waals surface area contributed by atoms with Gasteiger partial charge in [0.15, 0.2) is 0 Å². The third-order valence-corrected chi connectivity index (χ3v) is 4.95. The molecule has 2 rings (SSSR count). The van der Waals surface area contributed by atoms with Gasteiger partial charge in [0.05, 0.1) is 0 Å². The molecule has 0 radical (unpaired) electrons. The van der Waals surface area contributed by atoms with Crippen LogP contribution < -0.4 is 4.74 Å². The number of aryl methyl sites for hydroxylation is 1. The normalized spacial score (nSPS) is 11.4. The van der Waals surface area contributed by atoms with Crippen LogP contribution in [-0.4, -0.2) is 8.42 Å². The monoisotopic (exact) mass is 408 g/mol. The Balaban J connectivity index is 2.39. The fourth-order valence-electron chi connectivity index (χ4n) is 1.83. The molecule has 0 aliphatic carbocycles. The van der Waals surface area contributed by atoms with Gasteiger partial charge in [-0.15, -0.1) is 0 Å². The molecule has 112 valence electrons. The van der Waals surface area contributed by atoms with E-state index in [1.165, 1.54) is 6.07 Å². The van der Waals surface area contributed by atoms with E-state index in [-0.39, 0.29) is 17.3 Å². The van der Waals surface area contributed by atoms with Crippen LogP contribution in [0.15, 0.2) is 45.8 Å². The summed E-state index contributed by atoms with van der Waals surface area (Å²) in [5, 5.41) is 0.558. The van der Waals surface area contributed by atoms with Crippen LogP contribution in [0.3, 0.4) is 0 Å². The Kier molecular flexibility index (Phi) is 5.20. The molecule has 2 aromatic carbocycles. The van der Waals surface area contributed by atoms with Crippen molar-refractivity contribution in [3.8, 4) is 5.75 Å². The zero-order chi connectivity index (χ0) is 15.6. The number of rotatable bonds is 4. The first-order valence-electron chi connectivity index (χ1n) is 5.90. The summed E-state index contributed by atoms with van der Waals surface area (Å²) in [5.74, 6) is 0.230. The topological polar surface area (TPSA) is 43.4 Å². The van der Waals surface area contributed by atoms with Gasteiger partial charge in [0.2, 0.25) is 0 Å². The first kappa shape index (κ1) is 16.6. The van der Waals surface area contributed by atoms with Crippen molar-refractivity contribution in [3.63, 3.8) is 0 Å². The fourth-order valence-corrected chi connectivity index (χ4v) is 3.80. The lowest BCUT2D eigenvalue weighted by molar-refractivity contribution is 0.296. The average Bonchev–Trinajstić information content (AvgIpc) is 2.37. The largest absolute Gasteiger partial charge is 0.487 e. The van der Waals surface area contributed by atoms with Crippen LogP contribution in [0.1, 0.15) is 11.1 Å². The summed E-state index contributed by atoms with van der Waals surface area (Å²) in [5.41, 5.74) is 1.43. The van der Waals surface area contributed by atoms with Crippen LogP contribution in [0.2, 0.25) is 5.02 Å². The van der Waals surface area contributed by atoms with E-state index in [2.05, 4.69) is 15.9 Å². The molecule has 0 spiro atoms. The molecule has 0 fully saturated rings. The van der Waals surface area contributed by atoms with Crippen molar-refractivity contribution in [2.75, 3.05) is 0 Å². The third-order valence-electron chi connectivity index (χ3n) is 2.80. The molecular formula is C14H11BrCl2O3S. The first-order chi connectivity index (χ1) is 9.79. The number of halogens is 3. The molecule has 0 heterocycles. The lowest BCUT2D eigenvalue weighted by atomic mass is 10.2. The second-order valence-electron chi connectivity index (χ2n) is 4.37. The number of hydrogen-bond acceptors (Lipinski definition) is 3. The summed E-state index contributed by atoms with van der Waals surface area (Å²) >= 11 is 9.30. The molecule has 0 bridgehead atoms. The molecular weight excluding hydrogens is 399 g/mol. The molecule has 0 aliphatic rings. The predicted molar refractivity (Wildman–Crippen MR) is 87.7 cm³/mol. The van der Waals surface area contributed by atoms with E-state index in [1.54, 1.807) is 19.1 Å². The predicted octanol–water partition coefficient (Wildman–Crippen LogP) is 4.92. The minimum absolute atomic E-state index is 0.0666. The smallest absolute Gasteiger partial charge is 0.265 e. The Morgan fingerprint density at radius 3 is 2.52 bits per heavy atom. The minimum atomic E-state index is -3.91. The van der Waals surface area contributed by atoms with Crippen LogP contribution in [0.25, 0.3) is 0 Å². The van der Waals surface area contributed by atoms with Gasteiger partial charge in [-0.25, -0.2) is 8.42 Å². The van der Waals surface area contributed by atoms with Crippen molar-refractivity contribution in [2.45, 2.75) is 18.4 Å². The van der Waals surface area contributed by atoms with Gasteiger partial charge >= 0.3 is 0 Å². The lowest BCUT2D eigenvalue weighted by Crippen LogP contribution is -2.03. The summed E-state index contributed by atoms with van der Waals surface area (Å²) in [6, 6.07) is 10.4. The highest BCUT2D eigenvalue weighted by Crippen LogP contribution is 2.34. The summed E-state index contributed by atoms with van der Waals surface area (Å²) < 4.78 is 29.6. The Labute approximate surface area is 141 Å². The molecule has 0 aliphatic heterocycles. The highest BCUT2D eigenvalue weighted by molar-refractivity contribution is 9.10. The maximum atomic E-state index is 11.7. The molecule has 0 N–H and O–H groups in total. The van der Waals surface area contributed by atoms with E-state index in [0.29, 0.717) is 15.1 Å². The number of hydrogen-bond donors (Lipinski definition) is 0. The summed E-state index contributed by atoms with van der Waals surface area (Å²) in [7, 11) is 1.56. The van der Waals surface area contributed by atoms with Crippen molar-refractivity contribution >= 4 is 47.3 Å². The maximum absolute atomic E-state index is 11.7. The van der Waals surface area contributed by atoms with Crippen LogP contribution in [0, 0.1) is 6.92 Å². The summed E-state index contributed by atoms with van der Waals surface area (Å²) in [6.45, 7) is 1.90. The van der Waals surface area contributed by atoms with E-state index >= 15 is 0 Å². The Hall–Kier alpha value is -0.750. The van der Waals surface area contributed by atoms with Crippen molar-refractivity contribution in [1.82, 2.24) is 0 Å². The second-order valence-corrected chi connectivity index (χ2v) is 8.23. The molecule has 0 unspecified atom stereocenters. The van der Waals surface area contributed by atoms with Gasteiger partial charge in [-0.05, 0) is 30.7 Å². The van der Waals surface area contributed by atoms with Gasteiger partial charge in [-0.3, -0.25) is 0 Å². The van der Waals surface area contributed by atoms with Gasteiger partial charge in [0.1, 0.15) is 17.3 Å². The Morgan fingerprint density at radius 1 is 1.24 bits per heavy atom. The van der Waals surface area contributed by atoms with Gasteiger partial charge in [0, 0.05) is 25.7 Å². The van der Waals surface area contributed by atoms with Crippen molar-refractivity contribution in [3.05, 3.63) is 57.0 Å². The zero-order valence-electron chi connectivity index (χ0n) is 10.9. The van der Waals surface area contributed by atoms with Crippen LogP contribution >= 0.6 is 38.2 Å². The third kappa shape index (κ3) is 4.13. The van der Waals surface area contributed by atoms with Gasteiger partial charge in [0.25, 0.3) is 9.05 Å². The molecule has 0 saturated carbocycles. The van der Waals surface area contributed by atoms with Gasteiger partial charge in [-0.1, -0.05) is 45.7 Å². The fraction of sp³-hybridized carbons (Fsp3) is 0.143. The summed E-state index contributed by atoms with van der Waals surface area (Å²) in [4.78, 5) is -0.0666. The Bertz CT molecular complexity index is 776. The SMILES string of the molecule is Cc1cc(Br)cc(S(=O)(=O)Cl)c1OCc1ccccc1Cl. The molecule has 0 atom stereocenters. The van der Waals surface area contributed by atoms with Crippen molar-refractivity contribution in [1.29, 1.82) is 0 Å². The molecule has 0 amide bonds. The van der Waals surface area contributed by atoms with E-state index < -0.39 is 9.05 Å². The Morgan fingerprint density at radius 2 is 1.90 bits per heavy atom. The molecule has 2 aromatic rings. The van der Waals surface area contributed by atoms with Crippen LogP contribution in [0.4, 0.5) is 0 Å². The second kappa shape index (κ2) is 6.57. The first-order valence-corrected chi connectivity index (χ1v) is 9.38. The quantitative estimate of drug-likeness (QED) is 0.673. The number of ether oxygens (including phenoxy) is 1. The van der Waals surface area contributed by atoms with Gasteiger partial charge < -0.3 is 4.74 Å². The van der Waals surface area contributed by atoms with E-state index in [9.17, 15) is 8.42 Å². The minimum Gasteiger partial charge on any atom is -0.487 e. The van der Waals surface area contributed by atoms with Crippen molar-refractivity contribution < 1.29 is 13.2 Å². The van der Waals surface area contributed by atoms with Crippen LogP contribution in [0.5, 0.6) is 5.75 Å². The maximum Gasteiger partial charge on any atom is 0.265 e. The molecule has 3 nitrogen and oxygen atoms in total. The molecule has 0 saturated heterocycles. The molecule has 0 aromatic heterocycles. The van der Waals surface area contributed by atoms with Crippen LogP contribution in [-0.2, 0) is 15.7 Å². The molecule has 21 heavy (non-hydrogen) atoms. The highest BCUT2D eigenvalue weighted by atomic mass is 79.9. The zero-order valence-corrected chi connectivity index (χ0v) is 14.9. The van der Waals surface area contributed by atoms with Gasteiger partial charge in [-0.2, -0.15) is 0 Å². The lowest BCUT2D eigenvalue weighted by Gasteiger charge is -2.14. The van der Waals surface area contributed by atoms with E-state index in [4.69, 9.17) is 27.0 Å². The average molecular weight is 410 g/mol.